The molecule has 1 aromatic carbocycles. The van der Waals surface area contributed by atoms with E-state index >= 15 is 0 Å². The van der Waals surface area contributed by atoms with Gasteiger partial charge >= 0.3 is 6.09 Å². The van der Waals surface area contributed by atoms with Crippen LogP contribution in [0.3, 0.4) is 0 Å². The van der Waals surface area contributed by atoms with Gasteiger partial charge in [-0.25, -0.2) is 4.79 Å². The summed E-state index contributed by atoms with van der Waals surface area (Å²) in [7, 11) is 0. The summed E-state index contributed by atoms with van der Waals surface area (Å²) in [6.07, 6.45) is -0.283. The van der Waals surface area contributed by atoms with Crippen molar-refractivity contribution in [1.82, 2.24) is 15.1 Å². The fourth-order valence-corrected chi connectivity index (χ4v) is 3.14. The van der Waals surface area contributed by atoms with Crippen molar-refractivity contribution in [3.05, 3.63) is 39.9 Å². The number of carbonyl (C=O) groups is 1. The van der Waals surface area contributed by atoms with Crippen molar-refractivity contribution in [2.75, 3.05) is 26.2 Å². The van der Waals surface area contributed by atoms with Crippen LogP contribution in [0.25, 0.3) is 0 Å². The minimum Gasteiger partial charge on any atom is -0.444 e. The lowest BCUT2D eigenvalue weighted by molar-refractivity contribution is -0.384. The molecule has 9 nitrogen and oxygen atoms in total. The Balaban J connectivity index is 1.51. The molecule has 9 heteroatoms. The second-order valence-electron chi connectivity index (χ2n) is 7.71. The number of nitro groups is 1. The number of benzene rings is 1. The van der Waals surface area contributed by atoms with Gasteiger partial charge in [-0.15, -0.1) is 0 Å². The highest BCUT2D eigenvalue weighted by molar-refractivity contribution is 5.82. The van der Waals surface area contributed by atoms with Gasteiger partial charge in [0.25, 0.3) is 5.69 Å². The molecule has 1 amide bonds. The Morgan fingerprint density at radius 3 is 2.67 bits per heavy atom. The molecule has 1 fully saturated rings. The van der Waals surface area contributed by atoms with Gasteiger partial charge in [0.2, 0.25) is 0 Å². The molecule has 0 aliphatic carbocycles. The molecule has 2 heterocycles. The van der Waals surface area contributed by atoms with Crippen LogP contribution >= 0.6 is 0 Å². The Morgan fingerprint density at radius 1 is 1.33 bits per heavy atom. The first-order valence-electron chi connectivity index (χ1n) is 8.99. The number of non-ortho nitro benzene ring substituents is 1. The van der Waals surface area contributed by atoms with Crippen molar-refractivity contribution in [2.24, 2.45) is 4.99 Å². The van der Waals surface area contributed by atoms with Gasteiger partial charge < -0.3 is 19.9 Å². The van der Waals surface area contributed by atoms with Crippen molar-refractivity contribution < 1.29 is 14.5 Å². The lowest BCUT2D eigenvalue weighted by Crippen LogP contribution is -2.57. The number of nitrogens with one attached hydrogen (secondary N) is 1. The van der Waals surface area contributed by atoms with E-state index in [4.69, 9.17) is 4.74 Å². The first-order valence-corrected chi connectivity index (χ1v) is 8.99. The number of amides is 1. The van der Waals surface area contributed by atoms with Crippen molar-refractivity contribution in [2.45, 2.75) is 39.0 Å². The molecule has 2 aliphatic rings. The van der Waals surface area contributed by atoms with E-state index < -0.39 is 10.5 Å². The number of hydrogen-bond acceptors (Lipinski definition) is 7. The molecule has 1 unspecified atom stereocenters. The van der Waals surface area contributed by atoms with Crippen LogP contribution in [0.2, 0.25) is 0 Å². The number of ether oxygens (including phenoxy) is 1. The summed E-state index contributed by atoms with van der Waals surface area (Å²) in [6, 6.07) is 6.61. The fraction of sp³-hybridized carbons (Fsp3) is 0.556. The lowest BCUT2D eigenvalue weighted by Gasteiger charge is -2.39. The number of fused-ring (bicyclic) bond motifs is 1. The summed E-state index contributed by atoms with van der Waals surface area (Å²) < 4.78 is 5.45. The predicted molar refractivity (Wildman–Crippen MR) is 101 cm³/mol. The van der Waals surface area contributed by atoms with Crippen LogP contribution in [0, 0.1) is 10.1 Å². The number of nitrogens with zero attached hydrogens (tertiary/aromatic N) is 4. The largest absolute Gasteiger partial charge is 0.444 e. The highest BCUT2D eigenvalue weighted by atomic mass is 16.6. The van der Waals surface area contributed by atoms with Crippen molar-refractivity contribution in [1.29, 1.82) is 0 Å². The quantitative estimate of drug-likeness (QED) is 0.640. The normalized spacial score (nSPS) is 19.4. The SMILES string of the molecule is CC(C)(C)OC(=O)N1CCN2C(NCc3ccc([N+](=O)[O-])cc3)=NCC2C1. The van der Waals surface area contributed by atoms with E-state index in [-0.39, 0.29) is 17.8 Å². The predicted octanol–water partition coefficient (Wildman–Crippen LogP) is 1.98. The minimum absolute atomic E-state index is 0.0790. The monoisotopic (exact) mass is 375 g/mol. The smallest absolute Gasteiger partial charge is 0.410 e. The summed E-state index contributed by atoms with van der Waals surface area (Å²) in [5.74, 6) is 0.808. The average Bonchev–Trinajstić information content (AvgIpc) is 3.01. The number of nitro benzene ring substituents is 1. The standard InChI is InChI=1S/C18H25N5O4/c1-18(2,3)27-17(24)21-8-9-22-15(12-21)11-20-16(22)19-10-13-4-6-14(7-5-13)23(25)26/h4-7,15H,8-12H2,1-3H3,(H,19,20). The molecule has 1 aromatic rings. The summed E-state index contributed by atoms with van der Waals surface area (Å²) in [5, 5.41) is 14.0. The van der Waals surface area contributed by atoms with Crippen LogP contribution < -0.4 is 5.32 Å². The van der Waals surface area contributed by atoms with Gasteiger partial charge in [0, 0.05) is 38.3 Å². The molecule has 1 N–H and O–H groups in total. The maximum absolute atomic E-state index is 12.3. The van der Waals surface area contributed by atoms with E-state index in [2.05, 4.69) is 15.2 Å². The van der Waals surface area contributed by atoms with Crippen LogP contribution in [0.15, 0.2) is 29.3 Å². The van der Waals surface area contributed by atoms with Crippen molar-refractivity contribution >= 4 is 17.7 Å². The Bertz CT molecular complexity index is 741. The third-order valence-electron chi connectivity index (χ3n) is 4.46. The molecule has 1 atom stereocenters. The Morgan fingerprint density at radius 2 is 2.04 bits per heavy atom. The molecule has 0 radical (unpaired) electrons. The topological polar surface area (TPSA) is 100 Å². The molecular weight excluding hydrogens is 350 g/mol. The zero-order valence-electron chi connectivity index (χ0n) is 15.8. The highest BCUT2D eigenvalue weighted by Crippen LogP contribution is 2.19. The number of guanidine groups is 1. The van der Waals surface area contributed by atoms with Gasteiger partial charge in [0.1, 0.15) is 5.60 Å². The highest BCUT2D eigenvalue weighted by Gasteiger charge is 2.36. The van der Waals surface area contributed by atoms with Crippen molar-refractivity contribution in [3.8, 4) is 0 Å². The van der Waals surface area contributed by atoms with E-state index in [1.54, 1.807) is 17.0 Å². The zero-order valence-corrected chi connectivity index (χ0v) is 15.8. The number of carbonyl (C=O) groups excluding carboxylic acids is 1. The van der Waals surface area contributed by atoms with Crippen LogP contribution in [0.5, 0.6) is 0 Å². The molecule has 0 aromatic heterocycles. The van der Waals surface area contributed by atoms with Gasteiger partial charge in [0.15, 0.2) is 5.96 Å². The van der Waals surface area contributed by atoms with E-state index in [9.17, 15) is 14.9 Å². The second kappa shape index (κ2) is 7.42. The molecule has 2 aliphatic heterocycles. The van der Waals surface area contributed by atoms with Gasteiger partial charge in [-0.2, -0.15) is 0 Å². The second-order valence-corrected chi connectivity index (χ2v) is 7.71. The average molecular weight is 375 g/mol. The molecule has 0 spiro atoms. The molecule has 27 heavy (non-hydrogen) atoms. The Labute approximate surface area is 158 Å². The molecular formula is C18H25N5O4. The van der Waals surface area contributed by atoms with Crippen LogP contribution in [0.4, 0.5) is 10.5 Å². The molecule has 3 rings (SSSR count). The third-order valence-corrected chi connectivity index (χ3v) is 4.46. The number of rotatable bonds is 3. The number of aliphatic imine (C=N–C) groups is 1. The molecule has 146 valence electrons. The van der Waals surface area contributed by atoms with E-state index in [1.165, 1.54) is 12.1 Å². The minimum atomic E-state index is -0.502. The maximum Gasteiger partial charge on any atom is 0.410 e. The van der Waals surface area contributed by atoms with Crippen LogP contribution in [0.1, 0.15) is 26.3 Å². The summed E-state index contributed by atoms with van der Waals surface area (Å²) in [6.45, 7) is 8.61. The van der Waals surface area contributed by atoms with E-state index in [0.29, 0.717) is 32.7 Å². The van der Waals surface area contributed by atoms with Crippen LogP contribution in [-0.2, 0) is 11.3 Å². The number of hydrogen-bond donors (Lipinski definition) is 1. The maximum atomic E-state index is 12.3. The van der Waals surface area contributed by atoms with Gasteiger partial charge in [-0.05, 0) is 26.3 Å². The Hall–Kier alpha value is -2.84. The molecule has 1 saturated heterocycles. The van der Waals surface area contributed by atoms with Gasteiger partial charge in [-0.3, -0.25) is 15.1 Å². The first-order chi connectivity index (χ1) is 12.7. The molecule has 0 bridgehead atoms. The lowest BCUT2D eigenvalue weighted by atomic mass is 10.2. The number of piperazine rings is 1. The zero-order chi connectivity index (χ0) is 19.6. The van der Waals surface area contributed by atoms with Crippen LogP contribution in [-0.4, -0.2) is 64.6 Å². The van der Waals surface area contributed by atoms with Gasteiger partial charge in [0.05, 0.1) is 17.5 Å². The summed E-state index contributed by atoms with van der Waals surface area (Å²) >= 11 is 0. The fourth-order valence-electron chi connectivity index (χ4n) is 3.14. The van der Waals surface area contributed by atoms with E-state index in [1.807, 2.05) is 20.8 Å². The summed E-state index contributed by atoms with van der Waals surface area (Å²) in [5.41, 5.74) is 0.521. The first kappa shape index (κ1) is 18.9. The van der Waals surface area contributed by atoms with E-state index in [0.717, 1.165) is 11.5 Å². The molecule has 0 saturated carbocycles. The Kier molecular flexibility index (Phi) is 5.20. The van der Waals surface area contributed by atoms with Gasteiger partial charge in [-0.1, -0.05) is 12.1 Å². The summed E-state index contributed by atoms with van der Waals surface area (Å²) in [4.78, 5) is 31.0. The van der Waals surface area contributed by atoms with Crippen molar-refractivity contribution in [3.63, 3.8) is 0 Å². The third kappa shape index (κ3) is 4.66.